The highest BCUT2D eigenvalue weighted by atomic mass is 31.1. The predicted molar refractivity (Wildman–Crippen MR) is 175 cm³/mol. The number of rotatable bonds is 4. The Labute approximate surface area is 243 Å². The highest BCUT2D eigenvalue weighted by Gasteiger charge is 2.19. The Morgan fingerprint density at radius 2 is 0.857 bits per heavy atom. The van der Waals surface area contributed by atoms with Crippen LogP contribution in [0.2, 0.25) is 0 Å². The van der Waals surface area contributed by atoms with Crippen molar-refractivity contribution in [3.63, 3.8) is 0 Å². The van der Waals surface area contributed by atoms with Gasteiger partial charge < -0.3 is 12.9 Å². The van der Waals surface area contributed by atoms with Crippen molar-refractivity contribution in [3.05, 3.63) is 152 Å². The third-order valence-electron chi connectivity index (χ3n) is 7.73. The van der Waals surface area contributed by atoms with Crippen LogP contribution >= 0.6 is 8.24 Å². The zero-order valence-corrected chi connectivity index (χ0v) is 23.5. The molecule has 1 aromatic heterocycles. The fourth-order valence-corrected chi connectivity index (χ4v) is 6.87. The van der Waals surface area contributed by atoms with Gasteiger partial charge >= 0.3 is 8.24 Å². The van der Waals surface area contributed by atoms with Crippen molar-refractivity contribution in [2.75, 3.05) is 0 Å². The fourth-order valence-electron chi connectivity index (χ4n) is 5.79. The fraction of sp³-hybridized carbons (Fsp3) is 0. The smallest absolute Gasteiger partial charge is 0.390 e. The van der Waals surface area contributed by atoms with E-state index in [1.54, 1.807) is 0 Å². The second-order valence-corrected chi connectivity index (χ2v) is 11.2. The molecule has 0 fully saturated rings. The molecule has 7 aromatic carbocycles. The molecule has 0 saturated carbocycles. The van der Waals surface area contributed by atoms with Crippen LogP contribution in [-0.4, -0.2) is 0 Å². The largest absolute Gasteiger partial charge is 0.453 e. The summed E-state index contributed by atoms with van der Waals surface area (Å²) in [6, 6.07) is 52.0. The van der Waals surface area contributed by atoms with Gasteiger partial charge in [0.15, 0.2) is 5.75 Å². The van der Waals surface area contributed by atoms with Crippen molar-refractivity contribution in [2.45, 2.75) is 0 Å². The van der Waals surface area contributed by atoms with E-state index in [0.717, 1.165) is 71.5 Å². The van der Waals surface area contributed by atoms with Crippen LogP contribution in [0.15, 0.2) is 160 Å². The van der Waals surface area contributed by atoms with E-state index in [0.29, 0.717) is 0 Å². The highest BCUT2D eigenvalue weighted by molar-refractivity contribution is 7.32. The maximum absolute atomic E-state index is 6.86. The van der Waals surface area contributed by atoms with Crippen LogP contribution in [0.3, 0.4) is 0 Å². The number of para-hydroxylation sites is 1. The summed E-state index contributed by atoms with van der Waals surface area (Å²) in [5.41, 5.74) is 5.57. The lowest BCUT2D eigenvalue weighted by atomic mass is 9.97. The van der Waals surface area contributed by atoms with Gasteiger partial charge in [-0.3, -0.25) is 0 Å². The van der Waals surface area contributed by atoms with E-state index in [4.69, 9.17) is 12.9 Å². The molecule has 0 amide bonds. The third-order valence-corrected chi connectivity index (χ3v) is 8.75. The first-order chi connectivity index (χ1) is 20.8. The average Bonchev–Trinajstić information content (AvgIpc) is 3.22. The first-order valence-corrected chi connectivity index (χ1v) is 15.0. The summed E-state index contributed by atoms with van der Waals surface area (Å²) in [5.74, 6) is 0.729. The second kappa shape index (κ2) is 10.3. The van der Waals surface area contributed by atoms with E-state index in [2.05, 4.69) is 103 Å². The van der Waals surface area contributed by atoms with Gasteiger partial charge in [-0.1, -0.05) is 140 Å². The Morgan fingerprint density at radius 1 is 0.405 bits per heavy atom. The van der Waals surface area contributed by atoms with Crippen LogP contribution in [0.5, 0.6) is 5.75 Å². The second-order valence-electron chi connectivity index (χ2n) is 10.2. The number of benzene rings is 7. The van der Waals surface area contributed by atoms with E-state index in [1.165, 1.54) is 0 Å². The quantitative estimate of drug-likeness (QED) is 0.215. The summed E-state index contributed by atoms with van der Waals surface area (Å²) in [7, 11) is -1.87. The summed E-state index contributed by atoms with van der Waals surface area (Å²) in [4.78, 5) is 0. The summed E-state index contributed by atoms with van der Waals surface area (Å²) < 4.78 is 20.3. The Morgan fingerprint density at radius 3 is 1.36 bits per heavy atom. The van der Waals surface area contributed by atoms with E-state index in [-0.39, 0.29) is 0 Å². The summed E-state index contributed by atoms with van der Waals surface area (Å²) >= 11 is 0. The third kappa shape index (κ3) is 4.23. The van der Waals surface area contributed by atoms with Gasteiger partial charge in [-0.15, -0.1) is 0 Å². The molecule has 0 atom stereocenters. The zero-order chi connectivity index (χ0) is 27.9. The Bertz CT molecular complexity index is 2120. The van der Waals surface area contributed by atoms with Gasteiger partial charge in [-0.25, -0.2) is 0 Å². The average molecular weight is 561 g/mol. The molecule has 0 spiro atoms. The zero-order valence-electron chi connectivity index (χ0n) is 22.6. The lowest BCUT2D eigenvalue weighted by Crippen LogP contribution is -1.90. The Hall–Kier alpha value is -5.24. The molecule has 8 rings (SSSR count). The molecule has 0 radical (unpaired) electrons. The van der Waals surface area contributed by atoms with Crippen molar-refractivity contribution in [2.24, 2.45) is 0 Å². The van der Waals surface area contributed by atoms with Crippen LogP contribution in [0.1, 0.15) is 0 Å². The van der Waals surface area contributed by atoms with Crippen molar-refractivity contribution >= 4 is 51.7 Å². The van der Waals surface area contributed by atoms with Crippen LogP contribution < -0.4 is 4.52 Å². The lowest BCUT2D eigenvalue weighted by molar-refractivity contribution is 0.500. The minimum absolute atomic E-state index is 0.729. The molecule has 0 aliphatic carbocycles. The van der Waals surface area contributed by atoms with E-state index in [9.17, 15) is 0 Å². The van der Waals surface area contributed by atoms with E-state index in [1.807, 2.05) is 48.5 Å². The molecule has 1 heterocycles. The topological polar surface area (TPSA) is 35.5 Å². The minimum atomic E-state index is -1.87. The molecule has 8 aromatic rings. The van der Waals surface area contributed by atoms with Gasteiger partial charge in [0.25, 0.3) is 0 Å². The number of hydrogen-bond donors (Lipinski definition) is 0. The van der Waals surface area contributed by atoms with E-state index < -0.39 is 8.24 Å². The van der Waals surface area contributed by atoms with Crippen LogP contribution in [0.4, 0.5) is 0 Å². The van der Waals surface area contributed by atoms with Crippen molar-refractivity contribution < 1.29 is 12.9 Å². The molecule has 0 N–H and O–H groups in total. The van der Waals surface area contributed by atoms with Crippen LogP contribution in [-0.2, 0) is 0 Å². The molecule has 3 nitrogen and oxygen atoms in total. The van der Waals surface area contributed by atoms with E-state index >= 15 is 0 Å². The Kier molecular flexibility index (Phi) is 6.02. The van der Waals surface area contributed by atoms with Gasteiger partial charge in [-0.05, 0) is 44.8 Å². The molecule has 0 aliphatic heterocycles. The lowest BCUT2D eigenvalue weighted by Gasteiger charge is -2.14. The molecule has 0 unspecified atom stereocenters. The summed E-state index contributed by atoms with van der Waals surface area (Å²) in [6.45, 7) is 0. The molecule has 0 bridgehead atoms. The maximum atomic E-state index is 6.86. The summed E-state index contributed by atoms with van der Waals surface area (Å²) in [6.07, 6.45) is 0. The molecule has 42 heavy (non-hydrogen) atoms. The van der Waals surface area contributed by atoms with Crippen LogP contribution in [0, 0.1) is 0 Å². The molecule has 0 aliphatic rings. The first kappa shape index (κ1) is 24.5. The molecule has 4 heteroatoms. The van der Waals surface area contributed by atoms with Crippen molar-refractivity contribution in [1.29, 1.82) is 0 Å². The van der Waals surface area contributed by atoms with Gasteiger partial charge in [0.1, 0.15) is 11.2 Å². The normalized spacial score (nSPS) is 11.3. The SMILES string of the molecule is c1ccc(-c2cccc(-c3ccccc3)c2Op2oc3ccc4ccccc4c3c3c(ccc4ccccc43)o2)cc1. The minimum Gasteiger partial charge on any atom is -0.390 e. The molecular formula is C38H25O3P. The van der Waals surface area contributed by atoms with Gasteiger partial charge in [0, 0.05) is 21.9 Å². The van der Waals surface area contributed by atoms with Crippen LogP contribution in [0.25, 0.3) is 65.7 Å². The van der Waals surface area contributed by atoms with Gasteiger partial charge in [-0.2, -0.15) is 0 Å². The van der Waals surface area contributed by atoms with Gasteiger partial charge in [0.2, 0.25) is 0 Å². The molecule has 200 valence electrons. The number of hydrogen-bond acceptors (Lipinski definition) is 3. The summed E-state index contributed by atoms with van der Waals surface area (Å²) in [5, 5.41) is 6.56. The standard InChI is InChI=1S/C38H25O3P/c1-3-12-26(13-4-1)32-20-11-21-33(27-14-5-2-6-15-27)38(32)41-42-39-34-24-22-28-16-7-9-18-30(28)36(34)37-31-19-10-8-17-29(31)23-25-35(37)40-42/h1-25H. The highest BCUT2D eigenvalue weighted by Crippen LogP contribution is 2.46. The molecule has 0 saturated heterocycles. The van der Waals surface area contributed by atoms with Crippen molar-refractivity contribution in [3.8, 4) is 28.0 Å². The Balaban J connectivity index is 1.45. The molecular weight excluding hydrogens is 535 g/mol. The number of fused-ring (bicyclic) bond motifs is 7. The monoisotopic (exact) mass is 560 g/mol. The van der Waals surface area contributed by atoms with Gasteiger partial charge in [0.05, 0.1) is 0 Å². The predicted octanol–water partition coefficient (Wildman–Crippen LogP) is 11.8. The van der Waals surface area contributed by atoms with Crippen molar-refractivity contribution in [1.82, 2.24) is 0 Å². The first-order valence-electron chi connectivity index (χ1n) is 14.0. The maximum Gasteiger partial charge on any atom is 0.453 e.